The van der Waals surface area contributed by atoms with E-state index >= 15 is 0 Å². The van der Waals surface area contributed by atoms with Crippen molar-refractivity contribution in [1.82, 2.24) is 0 Å². The number of hydrogen-bond donors (Lipinski definition) is 2. The maximum atomic E-state index is 12.5. The summed E-state index contributed by atoms with van der Waals surface area (Å²) >= 11 is 0. The molecule has 0 aromatic heterocycles. The van der Waals surface area contributed by atoms with Gasteiger partial charge in [0.2, 0.25) is 0 Å². The number of quaternary nitrogens is 1. The molecule has 2 N–H and O–H groups in total. The maximum Gasteiger partial charge on any atom is 0.282 e. The Hall–Kier alpha value is -2.13. The molecule has 0 radical (unpaired) electrons. The normalized spacial score (nSPS) is 18.1. The van der Waals surface area contributed by atoms with Crippen molar-refractivity contribution in [2.45, 2.75) is 39.3 Å². The second kappa shape index (κ2) is 6.97. The summed E-state index contributed by atoms with van der Waals surface area (Å²) in [6, 6.07) is 16.6. The van der Waals surface area contributed by atoms with E-state index in [-0.39, 0.29) is 11.9 Å². The molecule has 0 bridgehead atoms. The third kappa shape index (κ3) is 3.62. The van der Waals surface area contributed by atoms with Crippen LogP contribution in [0.2, 0.25) is 0 Å². The van der Waals surface area contributed by atoms with Crippen molar-refractivity contribution in [3.05, 3.63) is 65.2 Å². The van der Waals surface area contributed by atoms with Crippen molar-refractivity contribution >= 4 is 11.6 Å². The van der Waals surface area contributed by atoms with Gasteiger partial charge in [0.1, 0.15) is 6.54 Å². The number of hydrogen-bond acceptors (Lipinski definition) is 1. The Morgan fingerprint density at radius 2 is 1.83 bits per heavy atom. The number of fused-ring (bicyclic) bond motifs is 1. The van der Waals surface area contributed by atoms with Gasteiger partial charge in [-0.2, -0.15) is 0 Å². The molecule has 3 rings (SSSR count). The van der Waals surface area contributed by atoms with Crippen LogP contribution in [-0.4, -0.2) is 18.5 Å². The topological polar surface area (TPSA) is 33.5 Å². The molecule has 2 atom stereocenters. The molecule has 0 saturated carbocycles. The molecule has 3 nitrogen and oxygen atoms in total. The van der Waals surface area contributed by atoms with Gasteiger partial charge in [0.25, 0.3) is 5.91 Å². The van der Waals surface area contributed by atoms with Crippen LogP contribution in [-0.2, 0) is 24.2 Å². The Morgan fingerprint density at radius 3 is 2.52 bits per heavy atom. The molecule has 0 saturated heterocycles. The summed E-state index contributed by atoms with van der Waals surface area (Å²) in [5.41, 5.74) is 4.98. The van der Waals surface area contributed by atoms with Crippen molar-refractivity contribution in [2.75, 3.05) is 11.9 Å². The van der Waals surface area contributed by atoms with E-state index in [1.54, 1.807) is 0 Å². The van der Waals surface area contributed by atoms with Crippen LogP contribution in [0, 0.1) is 0 Å². The SMILES string of the molecule is CCc1ccc(NC(=O)[C@H](C)[NH+]2CCc3ccccc3C2)cc1. The Kier molecular flexibility index (Phi) is 4.77. The first-order chi connectivity index (χ1) is 11.2. The van der Waals surface area contributed by atoms with Crippen LogP contribution >= 0.6 is 0 Å². The molecule has 0 fully saturated rings. The Bertz CT molecular complexity index is 678. The molecule has 120 valence electrons. The largest absolute Gasteiger partial charge is 0.321 e. The highest BCUT2D eigenvalue weighted by Crippen LogP contribution is 2.12. The third-order valence-corrected chi connectivity index (χ3v) is 4.89. The summed E-state index contributed by atoms with van der Waals surface area (Å²) in [5.74, 6) is 0.101. The van der Waals surface area contributed by atoms with Crippen molar-refractivity contribution in [3.8, 4) is 0 Å². The monoisotopic (exact) mass is 309 g/mol. The minimum atomic E-state index is -0.0470. The zero-order valence-electron chi connectivity index (χ0n) is 13.9. The number of anilines is 1. The van der Waals surface area contributed by atoms with Gasteiger partial charge >= 0.3 is 0 Å². The van der Waals surface area contributed by atoms with Gasteiger partial charge in [-0.25, -0.2) is 0 Å². The van der Waals surface area contributed by atoms with Crippen molar-refractivity contribution in [1.29, 1.82) is 0 Å². The van der Waals surface area contributed by atoms with Crippen molar-refractivity contribution in [2.24, 2.45) is 0 Å². The van der Waals surface area contributed by atoms with Crippen LogP contribution < -0.4 is 10.2 Å². The predicted molar refractivity (Wildman–Crippen MR) is 93.6 cm³/mol. The lowest BCUT2D eigenvalue weighted by atomic mass is 9.99. The summed E-state index contributed by atoms with van der Waals surface area (Å²) in [5, 5.41) is 3.05. The number of carbonyl (C=O) groups excluding carboxylic acids is 1. The van der Waals surface area contributed by atoms with Gasteiger partial charge in [0.05, 0.1) is 6.54 Å². The van der Waals surface area contributed by atoms with Crippen LogP contribution in [0.25, 0.3) is 0 Å². The molecule has 2 aromatic rings. The molecule has 0 spiro atoms. The second-order valence-electron chi connectivity index (χ2n) is 6.37. The molecule has 0 aliphatic carbocycles. The molecular weight excluding hydrogens is 284 g/mol. The molecule has 1 unspecified atom stereocenters. The highest BCUT2D eigenvalue weighted by Gasteiger charge is 2.28. The van der Waals surface area contributed by atoms with E-state index < -0.39 is 0 Å². The van der Waals surface area contributed by atoms with Crippen molar-refractivity contribution in [3.63, 3.8) is 0 Å². The number of amides is 1. The van der Waals surface area contributed by atoms with Crippen LogP contribution in [0.15, 0.2) is 48.5 Å². The fourth-order valence-electron chi connectivity index (χ4n) is 3.23. The Balaban J connectivity index is 1.63. The molecular formula is C20H25N2O+. The molecule has 1 amide bonds. The minimum absolute atomic E-state index is 0.0470. The Labute approximate surface area is 138 Å². The highest BCUT2D eigenvalue weighted by molar-refractivity contribution is 5.93. The standard InChI is InChI=1S/C20H24N2O/c1-3-16-8-10-19(11-9-16)21-20(23)15(2)22-13-12-17-6-4-5-7-18(17)14-22/h4-11,15H,3,12-14H2,1-2H3,(H,21,23)/p+1/t15-/m0/s1. The highest BCUT2D eigenvalue weighted by atomic mass is 16.2. The van der Waals surface area contributed by atoms with Crippen LogP contribution in [0.4, 0.5) is 5.69 Å². The van der Waals surface area contributed by atoms with Gasteiger partial charge in [0.15, 0.2) is 6.04 Å². The van der Waals surface area contributed by atoms with Gasteiger partial charge < -0.3 is 10.2 Å². The summed E-state index contributed by atoms with van der Waals surface area (Å²) in [7, 11) is 0. The zero-order valence-corrected chi connectivity index (χ0v) is 13.9. The fourth-order valence-corrected chi connectivity index (χ4v) is 3.23. The molecule has 23 heavy (non-hydrogen) atoms. The molecule has 2 aromatic carbocycles. The molecule has 1 heterocycles. The first kappa shape index (κ1) is 15.8. The fraction of sp³-hybridized carbons (Fsp3) is 0.350. The third-order valence-electron chi connectivity index (χ3n) is 4.89. The average Bonchev–Trinajstić information content (AvgIpc) is 2.61. The van der Waals surface area contributed by atoms with E-state index in [0.29, 0.717) is 0 Å². The Morgan fingerprint density at radius 1 is 1.13 bits per heavy atom. The van der Waals surface area contributed by atoms with Crippen LogP contribution in [0.5, 0.6) is 0 Å². The minimum Gasteiger partial charge on any atom is -0.321 e. The zero-order chi connectivity index (χ0) is 16.2. The lowest BCUT2D eigenvalue weighted by molar-refractivity contribution is -0.929. The summed E-state index contributed by atoms with van der Waals surface area (Å²) in [6.07, 6.45) is 2.07. The smallest absolute Gasteiger partial charge is 0.282 e. The summed E-state index contributed by atoms with van der Waals surface area (Å²) < 4.78 is 0. The van der Waals surface area contributed by atoms with Gasteiger partial charge in [-0.05, 0) is 36.6 Å². The van der Waals surface area contributed by atoms with Gasteiger partial charge in [0, 0.05) is 17.7 Å². The first-order valence-electron chi connectivity index (χ1n) is 8.48. The van der Waals surface area contributed by atoms with E-state index in [2.05, 4.69) is 48.6 Å². The number of nitrogens with one attached hydrogen (secondary N) is 2. The number of rotatable bonds is 4. The molecule has 1 aliphatic rings. The van der Waals surface area contributed by atoms with Gasteiger partial charge in [-0.3, -0.25) is 4.79 Å². The number of carbonyl (C=O) groups is 1. The van der Waals surface area contributed by atoms with E-state index in [4.69, 9.17) is 0 Å². The van der Waals surface area contributed by atoms with E-state index in [1.165, 1.54) is 21.6 Å². The average molecular weight is 309 g/mol. The second-order valence-corrected chi connectivity index (χ2v) is 6.37. The summed E-state index contributed by atoms with van der Waals surface area (Å²) in [4.78, 5) is 13.9. The lowest BCUT2D eigenvalue weighted by Gasteiger charge is -2.30. The maximum absolute atomic E-state index is 12.5. The summed E-state index contributed by atoms with van der Waals surface area (Å²) in [6.45, 7) is 6.10. The van der Waals surface area contributed by atoms with Gasteiger partial charge in [-0.1, -0.05) is 43.3 Å². The van der Waals surface area contributed by atoms with Crippen LogP contribution in [0.3, 0.4) is 0 Å². The molecule has 3 heteroatoms. The van der Waals surface area contributed by atoms with Crippen LogP contribution in [0.1, 0.15) is 30.5 Å². The first-order valence-corrected chi connectivity index (χ1v) is 8.48. The van der Waals surface area contributed by atoms with Gasteiger partial charge in [-0.15, -0.1) is 0 Å². The lowest BCUT2D eigenvalue weighted by Crippen LogP contribution is -3.16. The van der Waals surface area contributed by atoms with E-state index in [9.17, 15) is 4.79 Å². The molecule has 1 aliphatic heterocycles. The van der Waals surface area contributed by atoms with Crippen molar-refractivity contribution < 1.29 is 9.69 Å². The number of benzene rings is 2. The van der Waals surface area contributed by atoms with E-state index in [0.717, 1.165) is 31.6 Å². The quantitative estimate of drug-likeness (QED) is 0.892. The number of aryl methyl sites for hydroxylation is 1. The van der Waals surface area contributed by atoms with E-state index in [1.807, 2.05) is 19.1 Å². The predicted octanol–water partition coefficient (Wildman–Crippen LogP) is 2.22.